The summed E-state index contributed by atoms with van der Waals surface area (Å²) in [6.45, 7) is 13.2. The Hall–Kier alpha value is -2.22. The third-order valence-electron chi connectivity index (χ3n) is 6.00. The Morgan fingerprint density at radius 2 is 1.80 bits per heavy atom. The fourth-order valence-corrected chi connectivity index (χ4v) is 4.69. The van der Waals surface area contributed by atoms with Gasteiger partial charge in [-0.25, -0.2) is 4.79 Å². The van der Waals surface area contributed by atoms with Gasteiger partial charge in [-0.05, 0) is 97.3 Å². The third kappa shape index (κ3) is 8.44. The maximum absolute atomic E-state index is 14.1. The van der Waals surface area contributed by atoms with Gasteiger partial charge in [-0.2, -0.15) is 11.8 Å². The number of amides is 3. The summed E-state index contributed by atoms with van der Waals surface area (Å²) in [5, 5.41) is 5.83. The Labute approximate surface area is 215 Å². The summed E-state index contributed by atoms with van der Waals surface area (Å²) >= 11 is 1.61. The second-order valence-electron chi connectivity index (χ2n) is 10.7. The number of hydrogen-bond donors (Lipinski definition) is 2. The molecule has 0 heterocycles. The van der Waals surface area contributed by atoms with Gasteiger partial charge >= 0.3 is 6.09 Å². The molecular weight excluding hydrogens is 462 g/mol. The van der Waals surface area contributed by atoms with Gasteiger partial charge in [0, 0.05) is 12.1 Å². The summed E-state index contributed by atoms with van der Waals surface area (Å²) in [4.78, 5) is 42.1. The van der Waals surface area contributed by atoms with Crippen molar-refractivity contribution in [2.24, 2.45) is 0 Å². The average molecular weight is 506 g/mol. The van der Waals surface area contributed by atoms with E-state index in [1.807, 2.05) is 52.1 Å². The molecule has 1 aliphatic carbocycles. The highest BCUT2D eigenvalue weighted by Gasteiger charge is 2.42. The highest BCUT2D eigenvalue weighted by atomic mass is 32.2. The summed E-state index contributed by atoms with van der Waals surface area (Å²) in [6.07, 6.45) is 4.48. The van der Waals surface area contributed by atoms with Crippen molar-refractivity contribution in [3.05, 3.63) is 34.9 Å². The van der Waals surface area contributed by atoms with E-state index in [1.54, 1.807) is 37.4 Å². The van der Waals surface area contributed by atoms with Crippen molar-refractivity contribution in [3.63, 3.8) is 0 Å². The minimum Gasteiger partial charge on any atom is -0.444 e. The molecule has 0 saturated heterocycles. The van der Waals surface area contributed by atoms with E-state index < -0.39 is 23.8 Å². The first kappa shape index (κ1) is 29.0. The molecule has 2 atom stereocenters. The van der Waals surface area contributed by atoms with Crippen LogP contribution in [0.15, 0.2) is 18.2 Å². The van der Waals surface area contributed by atoms with Crippen LogP contribution in [-0.2, 0) is 14.3 Å². The summed E-state index contributed by atoms with van der Waals surface area (Å²) in [7, 11) is 0. The topological polar surface area (TPSA) is 87.7 Å². The number of carbonyl (C=O) groups excluding carboxylic acids is 3. The average Bonchev–Trinajstić information content (AvgIpc) is 2.68. The highest BCUT2D eigenvalue weighted by molar-refractivity contribution is 7.98. The van der Waals surface area contributed by atoms with Gasteiger partial charge in [0.05, 0.1) is 0 Å². The molecule has 0 bridgehead atoms. The van der Waals surface area contributed by atoms with Crippen LogP contribution >= 0.6 is 11.8 Å². The molecule has 1 aromatic carbocycles. The molecule has 0 spiro atoms. The Bertz CT molecular complexity index is 893. The normalized spacial score (nSPS) is 15.7. The minimum absolute atomic E-state index is 0.0525. The summed E-state index contributed by atoms with van der Waals surface area (Å²) < 4.78 is 5.45. The van der Waals surface area contributed by atoms with Crippen LogP contribution < -0.4 is 10.6 Å². The van der Waals surface area contributed by atoms with Crippen molar-refractivity contribution in [1.29, 1.82) is 0 Å². The summed E-state index contributed by atoms with van der Waals surface area (Å²) in [5.74, 6) is 0.253. The van der Waals surface area contributed by atoms with E-state index in [4.69, 9.17) is 4.74 Å². The van der Waals surface area contributed by atoms with Crippen molar-refractivity contribution < 1.29 is 19.1 Å². The van der Waals surface area contributed by atoms with E-state index >= 15 is 0 Å². The van der Waals surface area contributed by atoms with Crippen molar-refractivity contribution in [3.8, 4) is 0 Å². The molecule has 0 aliphatic heterocycles. The maximum Gasteiger partial charge on any atom is 0.408 e. The monoisotopic (exact) mass is 505 g/mol. The largest absolute Gasteiger partial charge is 0.444 e. The van der Waals surface area contributed by atoms with Gasteiger partial charge in [-0.1, -0.05) is 23.8 Å². The lowest BCUT2D eigenvalue weighted by atomic mass is 9.87. The van der Waals surface area contributed by atoms with E-state index in [9.17, 15) is 14.4 Å². The zero-order valence-corrected chi connectivity index (χ0v) is 23.4. The number of thioether (sulfide) groups is 1. The van der Waals surface area contributed by atoms with Crippen LogP contribution in [0.2, 0.25) is 0 Å². The van der Waals surface area contributed by atoms with E-state index in [0.29, 0.717) is 12.2 Å². The Morgan fingerprint density at radius 3 is 2.29 bits per heavy atom. The van der Waals surface area contributed by atoms with Crippen LogP contribution in [0.25, 0.3) is 0 Å². The molecule has 2 rings (SSSR count). The molecule has 0 aromatic heterocycles. The van der Waals surface area contributed by atoms with Gasteiger partial charge in [-0.15, -0.1) is 0 Å². The number of ether oxygens (including phenoxy) is 1. The number of alkyl carbamates (subject to hydrolysis) is 1. The molecule has 196 valence electrons. The van der Waals surface area contributed by atoms with Gasteiger partial charge in [0.15, 0.2) is 0 Å². The molecule has 3 amide bonds. The molecule has 0 radical (unpaired) electrons. The summed E-state index contributed by atoms with van der Waals surface area (Å²) in [5.41, 5.74) is 2.20. The molecule has 1 fully saturated rings. The Kier molecular flexibility index (Phi) is 10.5. The minimum atomic E-state index is -0.780. The zero-order valence-electron chi connectivity index (χ0n) is 22.6. The number of aryl methyl sites for hydroxylation is 2. The van der Waals surface area contributed by atoms with Crippen LogP contribution in [0, 0.1) is 13.8 Å². The van der Waals surface area contributed by atoms with Crippen LogP contribution in [0.1, 0.15) is 83.0 Å². The zero-order chi connectivity index (χ0) is 26.3. The fraction of sp³-hybridized carbons (Fsp3) is 0.667. The van der Waals surface area contributed by atoms with E-state index in [0.717, 1.165) is 36.0 Å². The molecule has 1 aromatic rings. The Morgan fingerprint density at radius 1 is 1.14 bits per heavy atom. The molecule has 7 nitrogen and oxygen atoms in total. The van der Waals surface area contributed by atoms with Crippen molar-refractivity contribution in [1.82, 2.24) is 15.5 Å². The number of rotatable bonds is 10. The Balaban J connectivity index is 2.50. The number of nitrogens with one attached hydrogen (secondary N) is 2. The maximum atomic E-state index is 14.1. The standard InChI is InChI=1S/C27H43N3O4S/c1-17(2)28-24(31)23(21-13-12-18(3)16-19(21)4)30(20-10-9-11-20)25(32)22(14-15-35-8)29-26(33)34-27(5,6)7/h12-13,16-17,20,22-23H,9-11,14-15H2,1-8H3,(H,28,31)(H,29,33). The van der Waals surface area contributed by atoms with Gasteiger partial charge in [-0.3, -0.25) is 9.59 Å². The van der Waals surface area contributed by atoms with Crippen molar-refractivity contribution >= 4 is 29.7 Å². The first-order valence-electron chi connectivity index (χ1n) is 12.5. The molecule has 2 N–H and O–H groups in total. The second-order valence-corrected chi connectivity index (χ2v) is 11.7. The predicted octanol–water partition coefficient (Wildman–Crippen LogP) is 4.90. The second kappa shape index (κ2) is 12.7. The fourth-order valence-electron chi connectivity index (χ4n) is 4.22. The van der Waals surface area contributed by atoms with E-state index in [2.05, 4.69) is 10.6 Å². The molecule has 8 heteroatoms. The SMILES string of the molecule is CSCCC(NC(=O)OC(C)(C)C)C(=O)N(C1CCC1)C(C(=O)NC(C)C)c1ccc(C)cc1C. The quantitative estimate of drug-likeness (QED) is 0.472. The highest BCUT2D eigenvalue weighted by Crippen LogP contribution is 2.35. The lowest BCUT2D eigenvalue weighted by molar-refractivity contribution is -0.147. The van der Waals surface area contributed by atoms with Crippen LogP contribution in [0.5, 0.6) is 0 Å². The van der Waals surface area contributed by atoms with Crippen LogP contribution in [0.3, 0.4) is 0 Å². The van der Waals surface area contributed by atoms with Gasteiger partial charge < -0.3 is 20.3 Å². The van der Waals surface area contributed by atoms with E-state index in [-0.39, 0.29) is 23.9 Å². The van der Waals surface area contributed by atoms with Crippen LogP contribution in [-0.4, -0.2) is 58.5 Å². The predicted molar refractivity (Wildman–Crippen MR) is 143 cm³/mol. The molecule has 1 saturated carbocycles. The van der Waals surface area contributed by atoms with Gasteiger partial charge in [0.1, 0.15) is 17.7 Å². The summed E-state index contributed by atoms with van der Waals surface area (Å²) in [6, 6.07) is 4.30. The molecule has 35 heavy (non-hydrogen) atoms. The smallest absolute Gasteiger partial charge is 0.408 e. The van der Waals surface area contributed by atoms with Crippen molar-refractivity contribution in [2.75, 3.05) is 12.0 Å². The lowest BCUT2D eigenvalue weighted by Gasteiger charge is -2.44. The number of carbonyl (C=O) groups is 3. The van der Waals surface area contributed by atoms with E-state index in [1.165, 1.54) is 0 Å². The molecule has 2 unspecified atom stereocenters. The van der Waals surface area contributed by atoms with Gasteiger partial charge in [0.25, 0.3) is 0 Å². The number of benzene rings is 1. The molecular formula is C27H43N3O4S. The lowest BCUT2D eigenvalue weighted by Crippen LogP contribution is -2.58. The van der Waals surface area contributed by atoms with Crippen molar-refractivity contribution in [2.45, 2.75) is 104 Å². The van der Waals surface area contributed by atoms with Gasteiger partial charge in [0.2, 0.25) is 11.8 Å². The number of hydrogen-bond acceptors (Lipinski definition) is 5. The third-order valence-corrected chi connectivity index (χ3v) is 6.64. The first-order valence-corrected chi connectivity index (χ1v) is 13.9. The van der Waals surface area contributed by atoms with Crippen LogP contribution in [0.4, 0.5) is 4.79 Å². The molecule has 1 aliphatic rings. The number of nitrogens with zero attached hydrogens (tertiary/aromatic N) is 1. The first-order chi connectivity index (χ1) is 16.3.